The molecule has 1 amide bonds. The summed E-state index contributed by atoms with van der Waals surface area (Å²) in [6, 6.07) is 6.49. The number of alkyl halides is 2. The van der Waals surface area contributed by atoms with Gasteiger partial charge in [-0.25, -0.2) is 0 Å². The SMILES string of the molecule is CN(Cc1cccc(OC(F)F)c1)C(=O)[C@@H]1CC12CCOCC2. The van der Waals surface area contributed by atoms with E-state index in [0.29, 0.717) is 6.54 Å². The average Bonchev–Trinajstić information content (AvgIpc) is 3.20. The second-order valence-corrected chi connectivity index (χ2v) is 6.45. The first-order valence-electron chi connectivity index (χ1n) is 7.87. The van der Waals surface area contributed by atoms with Gasteiger partial charge < -0.3 is 14.4 Å². The van der Waals surface area contributed by atoms with E-state index in [2.05, 4.69) is 4.74 Å². The lowest BCUT2D eigenvalue weighted by Gasteiger charge is -2.24. The van der Waals surface area contributed by atoms with Crippen molar-refractivity contribution in [1.29, 1.82) is 0 Å². The molecule has 1 aliphatic carbocycles. The molecule has 1 saturated heterocycles. The zero-order chi connectivity index (χ0) is 16.4. The first kappa shape index (κ1) is 16.2. The summed E-state index contributed by atoms with van der Waals surface area (Å²) in [5.74, 6) is 0.328. The van der Waals surface area contributed by atoms with Gasteiger partial charge in [0.25, 0.3) is 0 Å². The number of rotatable bonds is 5. The standard InChI is InChI=1S/C17H21F2NO3/c1-20(11-12-3-2-4-13(9-12)23-16(18)19)15(21)14-10-17(14)5-7-22-8-6-17/h2-4,9,14,16H,5-8,10-11H2,1H3/t14-/m0/s1. The average molecular weight is 325 g/mol. The molecule has 1 spiro atoms. The van der Waals surface area contributed by atoms with E-state index in [1.807, 2.05) is 0 Å². The summed E-state index contributed by atoms with van der Waals surface area (Å²) < 4.78 is 34.3. The molecule has 1 saturated carbocycles. The van der Waals surface area contributed by atoms with Gasteiger partial charge in [-0.1, -0.05) is 12.1 Å². The van der Waals surface area contributed by atoms with E-state index in [1.165, 1.54) is 6.07 Å². The van der Waals surface area contributed by atoms with Crippen LogP contribution < -0.4 is 4.74 Å². The lowest BCUT2D eigenvalue weighted by atomic mass is 9.93. The molecule has 6 heteroatoms. The van der Waals surface area contributed by atoms with E-state index in [1.54, 1.807) is 30.1 Å². The zero-order valence-corrected chi connectivity index (χ0v) is 13.1. The van der Waals surface area contributed by atoms with Gasteiger partial charge in [0.15, 0.2) is 0 Å². The van der Waals surface area contributed by atoms with Crippen LogP contribution in [0, 0.1) is 11.3 Å². The number of halogens is 2. The molecular weight excluding hydrogens is 304 g/mol. The molecule has 1 atom stereocenters. The van der Waals surface area contributed by atoms with E-state index in [0.717, 1.165) is 38.0 Å². The minimum atomic E-state index is -2.84. The van der Waals surface area contributed by atoms with E-state index < -0.39 is 6.61 Å². The molecule has 3 rings (SSSR count). The van der Waals surface area contributed by atoms with Gasteiger partial charge in [0.2, 0.25) is 5.91 Å². The third-order valence-corrected chi connectivity index (χ3v) is 4.90. The minimum Gasteiger partial charge on any atom is -0.435 e. The van der Waals surface area contributed by atoms with Crippen molar-refractivity contribution in [2.75, 3.05) is 20.3 Å². The maximum absolute atomic E-state index is 12.6. The van der Waals surface area contributed by atoms with E-state index in [-0.39, 0.29) is 23.0 Å². The number of hydrogen-bond donors (Lipinski definition) is 0. The molecule has 2 aliphatic rings. The highest BCUT2D eigenvalue weighted by Gasteiger charge is 2.58. The molecule has 1 aliphatic heterocycles. The van der Waals surface area contributed by atoms with Crippen LogP contribution in [0.3, 0.4) is 0 Å². The summed E-state index contributed by atoms with van der Waals surface area (Å²) in [5.41, 5.74) is 0.921. The number of nitrogens with zero attached hydrogens (tertiary/aromatic N) is 1. The summed E-state index contributed by atoms with van der Waals surface area (Å²) in [7, 11) is 1.76. The normalized spacial score (nSPS) is 22.2. The third-order valence-electron chi connectivity index (χ3n) is 4.90. The molecule has 1 aromatic carbocycles. The van der Waals surface area contributed by atoms with Crippen molar-refractivity contribution in [3.63, 3.8) is 0 Å². The van der Waals surface area contributed by atoms with Crippen LogP contribution in [0.5, 0.6) is 5.75 Å². The lowest BCUT2D eigenvalue weighted by Crippen LogP contribution is -2.31. The largest absolute Gasteiger partial charge is 0.435 e. The third kappa shape index (κ3) is 3.63. The molecule has 1 aromatic rings. The van der Waals surface area contributed by atoms with Gasteiger partial charge in [0.05, 0.1) is 0 Å². The van der Waals surface area contributed by atoms with Gasteiger partial charge in [0, 0.05) is 32.7 Å². The molecule has 0 aromatic heterocycles. The number of carbonyl (C=O) groups excluding carboxylic acids is 1. The second-order valence-electron chi connectivity index (χ2n) is 6.45. The van der Waals surface area contributed by atoms with Crippen molar-refractivity contribution in [1.82, 2.24) is 4.90 Å². The van der Waals surface area contributed by atoms with Crippen LogP contribution in [0.1, 0.15) is 24.8 Å². The van der Waals surface area contributed by atoms with E-state index in [4.69, 9.17) is 4.74 Å². The van der Waals surface area contributed by atoms with Crippen molar-refractivity contribution in [2.24, 2.45) is 11.3 Å². The van der Waals surface area contributed by atoms with Crippen LogP contribution in [0.25, 0.3) is 0 Å². The van der Waals surface area contributed by atoms with Crippen molar-refractivity contribution >= 4 is 5.91 Å². The van der Waals surface area contributed by atoms with Crippen LogP contribution in [0.15, 0.2) is 24.3 Å². The zero-order valence-electron chi connectivity index (χ0n) is 13.1. The maximum atomic E-state index is 12.6. The monoisotopic (exact) mass is 325 g/mol. The van der Waals surface area contributed by atoms with Crippen LogP contribution in [0.2, 0.25) is 0 Å². The Balaban J connectivity index is 1.59. The first-order chi connectivity index (χ1) is 11.0. The highest BCUT2D eigenvalue weighted by atomic mass is 19.3. The summed E-state index contributed by atoms with van der Waals surface area (Å²) in [4.78, 5) is 14.3. The molecule has 2 fully saturated rings. The molecule has 0 unspecified atom stereocenters. The predicted molar refractivity (Wildman–Crippen MR) is 80.1 cm³/mol. The molecule has 0 bridgehead atoms. The summed E-state index contributed by atoms with van der Waals surface area (Å²) in [6.45, 7) is -0.979. The summed E-state index contributed by atoms with van der Waals surface area (Å²) in [6.07, 6.45) is 2.85. The molecule has 23 heavy (non-hydrogen) atoms. The summed E-state index contributed by atoms with van der Waals surface area (Å²) >= 11 is 0. The maximum Gasteiger partial charge on any atom is 0.387 e. The molecule has 0 radical (unpaired) electrons. The number of amides is 1. The Kier molecular flexibility index (Phi) is 4.53. The van der Waals surface area contributed by atoms with Gasteiger partial charge in [0.1, 0.15) is 5.75 Å². The number of carbonyl (C=O) groups is 1. The van der Waals surface area contributed by atoms with Gasteiger partial charge in [-0.2, -0.15) is 8.78 Å². The van der Waals surface area contributed by atoms with Gasteiger partial charge in [-0.05, 0) is 42.4 Å². The Labute approximate surface area is 134 Å². The van der Waals surface area contributed by atoms with Crippen molar-refractivity contribution in [2.45, 2.75) is 32.4 Å². The van der Waals surface area contributed by atoms with Crippen LogP contribution >= 0.6 is 0 Å². The predicted octanol–water partition coefficient (Wildman–Crippen LogP) is 3.06. The van der Waals surface area contributed by atoms with Crippen LogP contribution in [-0.2, 0) is 16.1 Å². The van der Waals surface area contributed by atoms with E-state index >= 15 is 0 Å². The van der Waals surface area contributed by atoms with Crippen molar-refractivity contribution in [3.8, 4) is 5.75 Å². The van der Waals surface area contributed by atoms with Crippen LogP contribution in [-0.4, -0.2) is 37.7 Å². The molecule has 1 heterocycles. The quantitative estimate of drug-likeness (QED) is 0.835. The van der Waals surface area contributed by atoms with Gasteiger partial charge in [-0.3, -0.25) is 4.79 Å². The fourth-order valence-corrected chi connectivity index (χ4v) is 3.47. The number of hydrogen-bond acceptors (Lipinski definition) is 3. The Morgan fingerprint density at radius 1 is 1.43 bits per heavy atom. The second kappa shape index (κ2) is 6.43. The Bertz CT molecular complexity index is 573. The lowest BCUT2D eigenvalue weighted by molar-refractivity contribution is -0.133. The number of benzene rings is 1. The highest BCUT2D eigenvalue weighted by Crippen LogP contribution is 2.59. The first-order valence-corrected chi connectivity index (χ1v) is 7.87. The van der Waals surface area contributed by atoms with Gasteiger partial charge >= 0.3 is 6.61 Å². The fourth-order valence-electron chi connectivity index (χ4n) is 3.47. The molecule has 4 nitrogen and oxygen atoms in total. The molecule has 0 N–H and O–H groups in total. The van der Waals surface area contributed by atoms with Crippen molar-refractivity contribution in [3.05, 3.63) is 29.8 Å². The van der Waals surface area contributed by atoms with Crippen molar-refractivity contribution < 1.29 is 23.0 Å². The Morgan fingerprint density at radius 2 is 2.17 bits per heavy atom. The van der Waals surface area contributed by atoms with Gasteiger partial charge in [-0.15, -0.1) is 0 Å². The highest BCUT2D eigenvalue weighted by molar-refractivity contribution is 5.82. The molecular formula is C17H21F2NO3. The number of ether oxygens (including phenoxy) is 2. The topological polar surface area (TPSA) is 38.8 Å². The molecule has 126 valence electrons. The minimum absolute atomic E-state index is 0.0805. The fraction of sp³-hybridized carbons (Fsp3) is 0.588. The smallest absolute Gasteiger partial charge is 0.387 e. The van der Waals surface area contributed by atoms with Crippen LogP contribution in [0.4, 0.5) is 8.78 Å². The van der Waals surface area contributed by atoms with E-state index in [9.17, 15) is 13.6 Å². The Morgan fingerprint density at radius 3 is 2.87 bits per heavy atom. The summed E-state index contributed by atoms with van der Waals surface area (Å²) in [5, 5.41) is 0. The Hall–Kier alpha value is -1.69.